The van der Waals surface area contributed by atoms with Crippen molar-refractivity contribution >= 4 is 86.6 Å². The summed E-state index contributed by atoms with van der Waals surface area (Å²) in [6.45, 7) is 3.03. The standard InChI is InChI=1S/C41H69N13O11S2/c1-3-21(2)33-40(64)49-24(11-12-30(44)55)36(60)51-27(17-31(45)56)37(61)52-28(20-67-66-19-23(43)34(58)50-26(38(62)53-33)16-22-8-5-4-6-9-22)41(65)54-15-7-10-29(54)39(63)48-25(13-14-42)35(59)47-18-32(46)57/h21-29,33H,3-20,42-43H2,1-2H3,(H2,44,55)(H2,45,56)(H2,46,57)(H,47,59)(H,48,63)(H,49,64)(H,50,58)(H,51,60)(H,52,61)(H,53,62)/t21-,23-,24-,25-,26-,27-,28-,29-,33-/m0/s1. The molecule has 17 N–H and O–H groups in total. The summed E-state index contributed by atoms with van der Waals surface area (Å²) in [5.41, 5.74) is 28.1. The van der Waals surface area contributed by atoms with Gasteiger partial charge in [-0.2, -0.15) is 0 Å². The fourth-order valence-electron chi connectivity index (χ4n) is 7.99. The van der Waals surface area contributed by atoms with E-state index in [0.29, 0.717) is 12.8 Å². The zero-order valence-corrected chi connectivity index (χ0v) is 39.8. The van der Waals surface area contributed by atoms with Crippen LogP contribution < -0.4 is 65.9 Å². The Labute approximate surface area is 397 Å². The van der Waals surface area contributed by atoms with Crippen molar-refractivity contribution in [2.24, 2.45) is 40.5 Å². The molecule has 2 heterocycles. The maximum absolute atomic E-state index is 14.4. The van der Waals surface area contributed by atoms with Gasteiger partial charge in [-0.15, -0.1) is 0 Å². The third kappa shape index (κ3) is 18.4. The minimum absolute atomic E-state index is 0.0173. The summed E-state index contributed by atoms with van der Waals surface area (Å²) < 4.78 is 0. The fourth-order valence-corrected chi connectivity index (χ4v) is 10.3. The van der Waals surface area contributed by atoms with Gasteiger partial charge in [0.15, 0.2) is 0 Å². The summed E-state index contributed by atoms with van der Waals surface area (Å²) in [6.07, 6.45) is 4.27. The molecule has 1 saturated carbocycles. The first-order valence-corrected chi connectivity index (χ1v) is 25.2. The molecule has 0 unspecified atom stereocenters. The predicted molar refractivity (Wildman–Crippen MR) is 248 cm³/mol. The first-order chi connectivity index (χ1) is 31.7. The van der Waals surface area contributed by atoms with Crippen molar-refractivity contribution < 1.29 is 52.7 Å². The summed E-state index contributed by atoms with van der Waals surface area (Å²) in [5, 5.41) is 18.0. The van der Waals surface area contributed by atoms with Gasteiger partial charge in [0, 0.05) is 24.5 Å². The Morgan fingerprint density at radius 3 is 2.00 bits per heavy atom. The van der Waals surface area contributed by atoms with Gasteiger partial charge in [0.2, 0.25) is 65.0 Å². The second-order valence-electron chi connectivity index (χ2n) is 17.2. The Kier molecular flexibility index (Phi) is 23.6. The van der Waals surface area contributed by atoms with E-state index in [2.05, 4.69) is 37.2 Å². The molecule has 0 radical (unpaired) electrons. The zero-order chi connectivity index (χ0) is 49.8. The van der Waals surface area contributed by atoms with Gasteiger partial charge in [0.05, 0.1) is 19.0 Å². The van der Waals surface area contributed by atoms with E-state index in [1.807, 2.05) is 0 Å². The number of carbonyl (C=O) groups excluding carboxylic acids is 11. The van der Waals surface area contributed by atoms with Gasteiger partial charge in [-0.3, -0.25) is 52.7 Å². The Morgan fingerprint density at radius 2 is 1.37 bits per heavy atom. The molecule has 26 heteroatoms. The van der Waals surface area contributed by atoms with E-state index in [0.717, 1.165) is 53.7 Å². The summed E-state index contributed by atoms with van der Waals surface area (Å²) in [6, 6.07) is -10.5. The molecule has 376 valence electrons. The molecule has 2 saturated heterocycles. The number of carbonyl (C=O) groups is 11. The molecule has 0 aromatic carbocycles. The molecule has 67 heavy (non-hydrogen) atoms. The van der Waals surface area contributed by atoms with E-state index in [4.69, 9.17) is 28.7 Å². The molecule has 11 amide bonds. The lowest BCUT2D eigenvalue weighted by molar-refractivity contribution is -0.142. The van der Waals surface area contributed by atoms with Crippen molar-refractivity contribution in [2.75, 3.05) is 31.1 Å². The Morgan fingerprint density at radius 1 is 0.746 bits per heavy atom. The number of nitrogens with one attached hydrogen (secondary N) is 7. The minimum atomic E-state index is -1.73. The highest BCUT2D eigenvalue weighted by atomic mass is 33.1. The van der Waals surface area contributed by atoms with Crippen LogP contribution in [0.15, 0.2) is 0 Å². The highest BCUT2D eigenvalue weighted by Gasteiger charge is 2.41. The molecule has 2 aliphatic heterocycles. The van der Waals surface area contributed by atoms with Gasteiger partial charge in [-0.1, -0.05) is 74.0 Å². The van der Waals surface area contributed by atoms with Gasteiger partial charge in [0.25, 0.3) is 0 Å². The highest BCUT2D eigenvalue weighted by Crippen LogP contribution is 2.29. The molecule has 3 rings (SSSR count). The van der Waals surface area contributed by atoms with Crippen LogP contribution in [-0.2, 0) is 52.7 Å². The number of primary amides is 3. The highest BCUT2D eigenvalue weighted by molar-refractivity contribution is 8.76. The van der Waals surface area contributed by atoms with E-state index < -0.39 is 139 Å². The van der Waals surface area contributed by atoms with Gasteiger partial charge >= 0.3 is 0 Å². The maximum atomic E-state index is 14.4. The average molecular weight is 984 g/mol. The van der Waals surface area contributed by atoms with Crippen LogP contribution in [0.4, 0.5) is 0 Å². The quantitative estimate of drug-likeness (QED) is 0.0614. The van der Waals surface area contributed by atoms with E-state index in [-0.39, 0.29) is 56.2 Å². The molecule has 3 fully saturated rings. The molecule has 3 aliphatic rings. The lowest BCUT2D eigenvalue weighted by Gasteiger charge is -2.31. The molecule has 0 aromatic heterocycles. The van der Waals surface area contributed by atoms with Crippen molar-refractivity contribution in [1.29, 1.82) is 0 Å². The van der Waals surface area contributed by atoms with Crippen LogP contribution in [0.1, 0.15) is 97.3 Å². The average Bonchev–Trinajstić information content (AvgIpc) is 3.78. The van der Waals surface area contributed by atoms with Crippen LogP contribution in [0, 0.1) is 11.8 Å². The Bertz CT molecular complexity index is 1810. The number of hydrogen-bond donors (Lipinski definition) is 12. The fraction of sp³-hybridized carbons (Fsp3) is 0.732. The van der Waals surface area contributed by atoms with Gasteiger partial charge in [-0.05, 0) is 50.5 Å². The minimum Gasteiger partial charge on any atom is -0.370 e. The largest absolute Gasteiger partial charge is 0.370 e. The van der Waals surface area contributed by atoms with Gasteiger partial charge in [-0.25, -0.2) is 0 Å². The topological polar surface area (TPSA) is 405 Å². The summed E-state index contributed by atoms with van der Waals surface area (Å²) >= 11 is 0. The van der Waals surface area contributed by atoms with Gasteiger partial charge < -0.3 is 70.8 Å². The van der Waals surface area contributed by atoms with Crippen LogP contribution in [0.5, 0.6) is 0 Å². The molecule has 0 bridgehead atoms. The van der Waals surface area contributed by atoms with Crippen LogP contribution in [0.25, 0.3) is 0 Å². The molecular formula is C41H69N13O11S2. The number of rotatable bonds is 17. The predicted octanol–water partition coefficient (Wildman–Crippen LogP) is -4.28. The number of nitrogens with two attached hydrogens (primary N) is 5. The van der Waals surface area contributed by atoms with Crippen molar-refractivity contribution in [2.45, 2.75) is 146 Å². The first-order valence-electron chi connectivity index (χ1n) is 22.7. The number of amides is 11. The molecule has 1 aliphatic carbocycles. The normalized spacial score (nSPS) is 26.3. The Hall–Kier alpha value is -5.21. The van der Waals surface area contributed by atoms with Crippen molar-refractivity contribution in [1.82, 2.24) is 42.1 Å². The number of likely N-dealkylation sites (tertiary alicyclic amines) is 1. The molecule has 9 atom stereocenters. The monoisotopic (exact) mass is 983 g/mol. The third-order valence-electron chi connectivity index (χ3n) is 12.0. The zero-order valence-electron chi connectivity index (χ0n) is 38.1. The lowest BCUT2D eigenvalue weighted by atomic mass is 9.84. The molecule has 0 spiro atoms. The smallest absolute Gasteiger partial charge is 0.246 e. The van der Waals surface area contributed by atoms with E-state index in [9.17, 15) is 52.7 Å². The Balaban J connectivity index is 2.02. The van der Waals surface area contributed by atoms with Crippen molar-refractivity contribution in [3.63, 3.8) is 0 Å². The van der Waals surface area contributed by atoms with Crippen molar-refractivity contribution in [3.8, 4) is 0 Å². The summed E-state index contributed by atoms with van der Waals surface area (Å²) in [4.78, 5) is 147. The SMILES string of the molecule is CC[C@H](C)[C@@H]1NC(=O)[C@H](CC2CCCCC2)NC(=O)[C@@H](N)CSSC[C@@H](C(=O)N2CCC[C@H]2C(=O)N[C@@H](CCN)C(=O)NCC(N)=O)NC(=O)[C@H](CC(N)=O)NC(=O)[C@H](CCC(N)=O)NC1=O. The van der Waals surface area contributed by atoms with E-state index in [1.165, 1.54) is 4.90 Å². The first kappa shape index (κ1) is 56.1. The van der Waals surface area contributed by atoms with Crippen molar-refractivity contribution in [3.05, 3.63) is 0 Å². The van der Waals surface area contributed by atoms with Gasteiger partial charge in [0.1, 0.15) is 42.3 Å². The van der Waals surface area contributed by atoms with Crippen LogP contribution >= 0.6 is 21.6 Å². The van der Waals surface area contributed by atoms with Crippen LogP contribution in [0.2, 0.25) is 0 Å². The van der Waals surface area contributed by atoms with E-state index >= 15 is 0 Å². The summed E-state index contributed by atoms with van der Waals surface area (Å²) in [7, 11) is 2.13. The number of hydrogen-bond acceptors (Lipinski definition) is 15. The van der Waals surface area contributed by atoms with Crippen LogP contribution in [-0.4, -0.2) is 149 Å². The van der Waals surface area contributed by atoms with Crippen LogP contribution in [0.3, 0.4) is 0 Å². The second kappa shape index (κ2) is 28.2. The second-order valence-corrected chi connectivity index (χ2v) is 19.8. The third-order valence-corrected chi connectivity index (χ3v) is 14.4. The lowest BCUT2D eigenvalue weighted by Crippen LogP contribution is -2.61. The molecule has 24 nitrogen and oxygen atoms in total. The molecule has 0 aromatic rings. The molecular weight excluding hydrogens is 915 g/mol. The number of nitrogens with zero attached hydrogens (tertiary/aromatic N) is 1. The maximum Gasteiger partial charge on any atom is 0.246 e. The van der Waals surface area contributed by atoms with E-state index in [1.54, 1.807) is 13.8 Å². The summed E-state index contributed by atoms with van der Waals surface area (Å²) in [5.74, 6) is -9.67.